The van der Waals surface area contributed by atoms with Crippen LogP contribution >= 0.6 is 0 Å². The number of hydrogen-bond donors (Lipinski definition) is 1. The van der Waals surface area contributed by atoms with E-state index in [-0.39, 0.29) is 0 Å². The zero-order valence-corrected chi connectivity index (χ0v) is 12.5. The third-order valence-electron chi connectivity index (χ3n) is 2.60. The molecule has 0 aromatic heterocycles. The van der Waals surface area contributed by atoms with Gasteiger partial charge in [-0.25, -0.2) is 9.59 Å². The van der Waals surface area contributed by atoms with Gasteiger partial charge in [0.1, 0.15) is 5.60 Å². The van der Waals surface area contributed by atoms with E-state index in [1.165, 1.54) is 7.11 Å². The normalized spacial score (nSPS) is 12.4. The number of nitrogens with one attached hydrogen (secondary N) is 1. The number of carbonyl (C=O) groups is 2. The van der Waals surface area contributed by atoms with E-state index in [0.717, 1.165) is 5.56 Å². The molecular formula is C15H21NO4. The highest BCUT2D eigenvalue weighted by Gasteiger charge is 2.27. The molecule has 0 heterocycles. The Bertz CT molecular complexity index is 491. The van der Waals surface area contributed by atoms with Gasteiger partial charge in [0.25, 0.3) is 0 Å². The summed E-state index contributed by atoms with van der Waals surface area (Å²) in [7, 11) is 1.28. The number of ether oxygens (including phenoxy) is 2. The van der Waals surface area contributed by atoms with Crippen molar-refractivity contribution in [3.05, 3.63) is 35.4 Å². The number of rotatable bonds is 3. The van der Waals surface area contributed by atoms with Crippen molar-refractivity contribution in [2.24, 2.45) is 0 Å². The van der Waals surface area contributed by atoms with Gasteiger partial charge in [-0.1, -0.05) is 24.3 Å². The van der Waals surface area contributed by atoms with Crippen LogP contribution in [0.5, 0.6) is 0 Å². The number of aryl methyl sites for hydroxylation is 1. The highest BCUT2D eigenvalue weighted by molar-refractivity contribution is 5.83. The molecule has 1 atom stereocenters. The summed E-state index contributed by atoms with van der Waals surface area (Å²) in [6.45, 7) is 7.14. The number of amides is 1. The molecule has 0 saturated heterocycles. The quantitative estimate of drug-likeness (QED) is 0.864. The van der Waals surface area contributed by atoms with Crippen LogP contribution in [0.25, 0.3) is 0 Å². The molecule has 1 N–H and O–H groups in total. The molecule has 5 nitrogen and oxygen atoms in total. The summed E-state index contributed by atoms with van der Waals surface area (Å²) in [6, 6.07) is 6.42. The molecule has 1 unspecified atom stereocenters. The first kappa shape index (κ1) is 16.0. The number of carbonyl (C=O) groups excluding carboxylic acids is 2. The molecular weight excluding hydrogens is 258 g/mol. The molecule has 0 fully saturated rings. The van der Waals surface area contributed by atoms with Crippen LogP contribution in [0.1, 0.15) is 37.9 Å². The summed E-state index contributed by atoms with van der Waals surface area (Å²) < 4.78 is 9.91. The lowest BCUT2D eigenvalue weighted by molar-refractivity contribution is -0.143. The Balaban J connectivity index is 2.95. The molecule has 5 heteroatoms. The lowest BCUT2D eigenvalue weighted by atomic mass is 10.0. The van der Waals surface area contributed by atoms with Gasteiger partial charge in [-0.15, -0.1) is 0 Å². The maximum Gasteiger partial charge on any atom is 0.408 e. The summed E-state index contributed by atoms with van der Waals surface area (Å²) in [5, 5.41) is 2.55. The summed E-state index contributed by atoms with van der Waals surface area (Å²) >= 11 is 0. The van der Waals surface area contributed by atoms with E-state index >= 15 is 0 Å². The Morgan fingerprint density at radius 2 is 1.80 bits per heavy atom. The Labute approximate surface area is 119 Å². The fraction of sp³-hybridized carbons (Fsp3) is 0.467. The van der Waals surface area contributed by atoms with Crippen molar-refractivity contribution >= 4 is 12.1 Å². The molecule has 1 aromatic carbocycles. The van der Waals surface area contributed by atoms with Crippen molar-refractivity contribution in [1.29, 1.82) is 0 Å². The second-order valence-corrected chi connectivity index (χ2v) is 5.46. The number of esters is 1. The van der Waals surface area contributed by atoms with Gasteiger partial charge in [-0.05, 0) is 38.8 Å². The predicted molar refractivity (Wildman–Crippen MR) is 75.3 cm³/mol. The largest absolute Gasteiger partial charge is 0.467 e. The van der Waals surface area contributed by atoms with Gasteiger partial charge in [0.2, 0.25) is 0 Å². The van der Waals surface area contributed by atoms with E-state index in [4.69, 9.17) is 9.47 Å². The second kappa shape index (κ2) is 6.41. The SMILES string of the molecule is COC(=O)C(NC(=O)OC(C)(C)C)c1ccccc1C. The molecule has 0 aliphatic heterocycles. The molecule has 1 rings (SSSR count). The van der Waals surface area contributed by atoms with Crippen molar-refractivity contribution < 1.29 is 19.1 Å². The van der Waals surface area contributed by atoms with Gasteiger partial charge in [0.05, 0.1) is 7.11 Å². The van der Waals surface area contributed by atoms with E-state index in [1.807, 2.05) is 19.1 Å². The van der Waals surface area contributed by atoms with E-state index < -0.39 is 23.7 Å². The number of methoxy groups -OCH3 is 1. The third kappa shape index (κ3) is 4.57. The minimum Gasteiger partial charge on any atom is -0.467 e. The Morgan fingerprint density at radius 3 is 2.30 bits per heavy atom. The molecule has 0 spiro atoms. The predicted octanol–water partition coefficient (Wildman–Crippen LogP) is 2.73. The Morgan fingerprint density at radius 1 is 1.20 bits per heavy atom. The Kier molecular flexibility index (Phi) is 5.13. The van der Waals surface area contributed by atoms with Crippen molar-refractivity contribution in [2.45, 2.75) is 39.3 Å². The molecule has 1 amide bonds. The zero-order chi connectivity index (χ0) is 15.3. The van der Waals surface area contributed by atoms with Crippen molar-refractivity contribution in [3.8, 4) is 0 Å². The standard InChI is InChI=1S/C15H21NO4/c1-10-8-6-7-9-11(10)12(13(17)19-5)16-14(18)20-15(2,3)4/h6-9,12H,1-5H3,(H,16,18). The second-order valence-electron chi connectivity index (χ2n) is 5.46. The smallest absolute Gasteiger partial charge is 0.408 e. The summed E-state index contributed by atoms with van der Waals surface area (Å²) in [5.74, 6) is -0.537. The van der Waals surface area contributed by atoms with Crippen LogP contribution in [-0.2, 0) is 14.3 Å². The first-order chi connectivity index (χ1) is 9.24. The van der Waals surface area contributed by atoms with Crippen LogP contribution in [0.15, 0.2) is 24.3 Å². The van der Waals surface area contributed by atoms with E-state index in [1.54, 1.807) is 32.9 Å². The number of hydrogen-bond acceptors (Lipinski definition) is 4. The molecule has 0 aliphatic rings. The molecule has 110 valence electrons. The average molecular weight is 279 g/mol. The minimum atomic E-state index is -0.879. The lowest BCUT2D eigenvalue weighted by Crippen LogP contribution is -2.38. The molecule has 0 radical (unpaired) electrons. The van der Waals surface area contributed by atoms with E-state index in [0.29, 0.717) is 5.56 Å². The summed E-state index contributed by atoms with van der Waals surface area (Å²) in [6.07, 6.45) is -0.656. The fourth-order valence-electron chi connectivity index (χ4n) is 1.72. The maximum atomic E-state index is 11.9. The van der Waals surface area contributed by atoms with Crippen molar-refractivity contribution in [2.75, 3.05) is 7.11 Å². The van der Waals surface area contributed by atoms with Gasteiger partial charge in [-0.2, -0.15) is 0 Å². The van der Waals surface area contributed by atoms with Crippen LogP contribution in [0.2, 0.25) is 0 Å². The van der Waals surface area contributed by atoms with Gasteiger partial charge in [0.15, 0.2) is 6.04 Å². The minimum absolute atomic E-state index is 0.537. The van der Waals surface area contributed by atoms with E-state index in [9.17, 15) is 9.59 Å². The van der Waals surface area contributed by atoms with Crippen LogP contribution in [0.3, 0.4) is 0 Å². The van der Waals surface area contributed by atoms with Crippen LogP contribution in [-0.4, -0.2) is 24.8 Å². The highest BCUT2D eigenvalue weighted by atomic mass is 16.6. The maximum absolute atomic E-state index is 11.9. The van der Waals surface area contributed by atoms with Crippen LogP contribution < -0.4 is 5.32 Å². The van der Waals surface area contributed by atoms with E-state index in [2.05, 4.69) is 5.32 Å². The topological polar surface area (TPSA) is 64.6 Å². The third-order valence-corrected chi connectivity index (χ3v) is 2.60. The fourth-order valence-corrected chi connectivity index (χ4v) is 1.72. The van der Waals surface area contributed by atoms with Crippen LogP contribution in [0.4, 0.5) is 4.79 Å². The zero-order valence-electron chi connectivity index (χ0n) is 12.5. The summed E-state index contributed by atoms with van der Waals surface area (Å²) in [4.78, 5) is 23.7. The van der Waals surface area contributed by atoms with Gasteiger partial charge in [0, 0.05) is 0 Å². The summed E-state index contributed by atoms with van der Waals surface area (Å²) in [5.41, 5.74) is 0.945. The lowest BCUT2D eigenvalue weighted by Gasteiger charge is -2.23. The van der Waals surface area contributed by atoms with Gasteiger partial charge in [-0.3, -0.25) is 0 Å². The highest BCUT2D eigenvalue weighted by Crippen LogP contribution is 2.19. The number of alkyl carbamates (subject to hydrolysis) is 1. The number of benzene rings is 1. The monoisotopic (exact) mass is 279 g/mol. The van der Waals surface area contributed by atoms with Gasteiger partial charge < -0.3 is 14.8 Å². The van der Waals surface area contributed by atoms with Crippen LogP contribution in [0, 0.1) is 6.92 Å². The molecule has 0 saturated carbocycles. The molecule has 0 aliphatic carbocycles. The van der Waals surface area contributed by atoms with Gasteiger partial charge >= 0.3 is 12.1 Å². The molecule has 20 heavy (non-hydrogen) atoms. The molecule has 1 aromatic rings. The first-order valence-electron chi connectivity index (χ1n) is 6.37. The van der Waals surface area contributed by atoms with Crippen molar-refractivity contribution in [3.63, 3.8) is 0 Å². The Hall–Kier alpha value is -2.04. The first-order valence-corrected chi connectivity index (χ1v) is 6.37. The van der Waals surface area contributed by atoms with Crippen molar-refractivity contribution in [1.82, 2.24) is 5.32 Å². The average Bonchev–Trinajstić information content (AvgIpc) is 2.34. The molecule has 0 bridgehead atoms.